The number of ketones is 1. The molecule has 3 heterocycles. The topological polar surface area (TPSA) is 128 Å². The second-order valence-electron chi connectivity index (χ2n) is 9.82. The maximum absolute atomic E-state index is 14.0. The predicted molar refractivity (Wildman–Crippen MR) is 148 cm³/mol. The van der Waals surface area contributed by atoms with E-state index in [1.165, 1.54) is 18.7 Å². The summed E-state index contributed by atoms with van der Waals surface area (Å²) in [5.74, 6) is 0.656. The van der Waals surface area contributed by atoms with E-state index < -0.39 is 23.6 Å². The van der Waals surface area contributed by atoms with Crippen molar-refractivity contribution in [2.45, 2.75) is 32.0 Å². The maximum atomic E-state index is 14.0. The Bertz CT molecular complexity index is 1710. The highest BCUT2D eigenvalue weighted by molar-refractivity contribution is 5.96. The van der Waals surface area contributed by atoms with Gasteiger partial charge >= 0.3 is 5.69 Å². The Morgan fingerprint density at radius 1 is 1.10 bits per heavy atom. The molecule has 0 aliphatic carbocycles. The zero-order valence-corrected chi connectivity index (χ0v) is 22.0. The number of hydrogen-bond acceptors (Lipinski definition) is 7. The largest absolute Gasteiger partial charge is 0.497 e. The van der Waals surface area contributed by atoms with Crippen molar-refractivity contribution in [1.29, 1.82) is 5.26 Å². The molecule has 4 aromatic rings. The fraction of sp³-hybridized carbons (Fsp3) is 0.310. The number of ether oxygens (including phenoxy) is 1. The van der Waals surface area contributed by atoms with E-state index in [1.54, 1.807) is 28.8 Å². The van der Waals surface area contributed by atoms with Gasteiger partial charge in [0, 0.05) is 38.3 Å². The third-order valence-electron chi connectivity index (χ3n) is 7.26. The van der Waals surface area contributed by atoms with E-state index in [2.05, 4.69) is 6.07 Å². The molecule has 0 radical (unpaired) electrons. The average Bonchev–Trinajstić information content (AvgIpc) is 3.28. The van der Waals surface area contributed by atoms with Crippen molar-refractivity contribution in [2.75, 3.05) is 25.1 Å². The summed E-state index contributed by atoms with van der Waals surface area (Å²) in [5.41, 5.74) is 6.95. The fourth-order valence-corrected chi connectivity index (χ4v) is 5.35. The fourth-order valence-electron chi connectivity index (χ4n) is 5.35. The molecule has 10 nitrogen and oxygen atoms in total. The van der Waals surface area contributed by atoms with Crippen molar-refractivity contribution in [3.05, 3.63) is 92.1 Å². The molecule has 200 valence electrons. The van der Waals surface area contributed by atoms with Crippen molar-refractivity contribution in [3.8, 4) is 11.8 Å². The normalized spacial score (nSPS) is 15.3. The highest BCUT2D eigenvalue weighted by atomic mass is 16.5. The smallest absolute Gasteiger partial charge is 0.331 e. The van der Waals surface area contributed by atoms with Gasteiger partial charge in [-0.3, -0.25) is 18.7 Å². The van der Waals surface area contributed by atoms with E-state index in [1.807, 2.05) is 35.2 Å². The van der Waals surface area contributed by atoms with Crippen LogP contribution in [-0.4, -0.2) is 45.7 Å². The summed E-state index contributed by atoms with van der Waals surface area (Å²) in [4.78, 5) is 42.7. The monoisotopic (exact) mass is 526 g/mol. The molecule has 0 bridgehead atoms. The number of Topliss-reactive ketones (excluding diaryl/α,β-unsaturated/α-hetero) is 1. The SMILES string of the molecule is COc1cccc(C(=O)Cn2c(=O)c3c(c(C#N)c(N4CCC[C@@H](N)C4)n3Cc3ccccc3)n(C)c2=O)c1. The molecule has 2 aromatic carbocycles. The van der Waals surface area contributed by atoms with Crippen LogP contribution in [0.2, 0.25) is 0 Å². The van der Waals surface area contributed by atoms with Gasteiger partial charge in [0.15, 0.2) is 5.78 Å². The first-order valence-corrected chi connectivity index (χ1v) is 12.8. The molecule has 0 spiro atoms. The molecule has 1 fully saturated rings. The van der Waals surface area contributed by atoms with Gasteiger partial charge in [-0.1, -0.05) is 42.5 Å². The number of nitriles is 1. The molecule has 5 rings (SSSR count). The van der Waals surface area contributed by atoms with Gasteiger partial charge in [0.2, 0.25) is 0 Å². The van der Waals surface area contributed by atoms with Gasteiger partial charge in [0.05, 0.1) is 19.2 Å². The van der Waals surface area contributed by atoms with Gasteiger partial charge in [-0.25, -0.2) is 4.79 Å². The van der Waals surface area contributed by atoms with Crippen LogP contribution in [0.4, 0.5) is 5.82 Å². The standard InChI is InChI=1S/C29H30N6O4/c1-32-25-23(15-30)27(33-13-7-11-21(31)17-33)34(16-19-8-4-3-5-9-19)26(25)28(37)35(29(32)38)18-24(36)20-10-6-12-22(14-20)39-2/h3-6,8-10,12,14,21H,7,11,13,16-18,31H2,1-2H3/t21-/m1/s1. The van der Waals surface area contributed by atoms with E-state index in [4.69, 9.17) is 10.5 Å². The van der Waals surface area contributed by atoms with E-state index in [9.17, 15) is 19.6 Å². The van der Waals surface area contributed by atoms with Crippen molar-refractivity contribution >= 4 is 22.6 Å². The lowest BCUT2D eigenvalue weighted by Gasteiger charge is -2.33. The third-order valence-corrected chi connectivity index (χ3v) is 7.26. The van der Waals surface area contributed by atoms with Gasteiger partial charge in [-0.05, 0) is 30.5 Å². The molecule has 2 aromatic heterocycles. The highest BCUT2D eigenvalue weighted by Gasteiger charge is 2.30. The number of carbonyl (C=O) groups excluding carboxylic acids is 1. The Hall–Kier alpha value is -4.62. The Kier molecular flexibility index (Phi) is 7.09. The maximum Gasteiger partial charge on any atom is 0.331 e. The van der Waals surface area contributed by atoms with Gasteiger partial charge in [-0.2, -0.15) is 5.26 Å². The van der Waals surface area contributed by atoms with E-state index in [-0.39, 0.29) is 22.6 Å². The van der Waals surface area contributed by atoms with E-state index >= 15 is 0 Å². The van der Waals surface area contributed by atoms with Crippen LogP contribution >= 0.6 is 0 Å². The Morgan fingerprint density at radius 2 is 1.87 bits per heavy atom. The van der Waals surface area contributed by atoms with Gasteiger partial charge < -0.3 is 19.9 Å². The summed E-state index contributed by atoms with van der Waals surface area (Å²) in [7, 11) is 3.02. The number of methoxy groups -OCH3 is 1. The van der Waals surface area contributed by atoms with Crippen LogP contribution in [0.1, 0.15) is 34.3 Å². The minimum Gasteiger partial charge on any atom is -0.497 e. The molecule has 1 aliphatic heterocycles. The lowest BCUT2D eigenvalue weighted by atomic mass is 10.1. The van der Waals surface area contributed by atoms with Crippen molar-refractivity contribution in [2.24, 2.45) is 12.8 Å². The van der Waals surface area contributed by atoms with E-state index in [0.717, 1.165) is 23.0 Å². The second kappa shape index (κ2) is 10.6. The molecular weight excluding hydrogens is 496 g/mol. The zero-order chi connectivity index (χ0) is 27.7. The predicted octanol–water partition coefficient (Wildman–Crippen LogP) is 2.24. The quantitative estimate of drug-likeness (QED) is 0.366. The first-order valence-electron chi connectivity index (χ1n) is 12.8. The molecule has 39 heavy (non-hydrogen) atoms. The summed E-state index contributed by atoms with van der Waals surface area (Å²) in [6.45, 7) is 1.05. The molecule has 1 saturated heterocycles. The molecular formula is C29H30N6O4. The average molecular weight is 527 g/mol. The van der Waals surface area contributed by atoms with Crippen LogP contribution in [0.3, 0.4) is 0 Å². The molecule has 0 unspecified atom stereocenters. The van der Waals surface area contributed by atoms with Crippen molar-refractivity contribution < 1.29 is 9.53 Å². The van der Waals surface area contributed by atoms with Crippen LogP contribution in [0.25, 0.3) is 11.0 Å². The Balaban J connectivity index is 1.74. The number of aryl methyl sites for hydroxylation is 1. The molecule has 0 saturated carbocycles. The van der Waals surface area contributed by atoms with Crippen LogP contribution in [0.15, 0.2) is 64.2 Å². The first-order chi connectivity index (χ1) is 18.8. The summed E-state index contributed by atoms with van der Waals surface area (Å²) < 4.78 is 9.25. The summed E-state index contributed by atoms with van der Waals surface area (Å²) in [6.07, 6.45) is 1.71. The number of nitrogens with zero attached hydrogens (tertiary/aromatic N) is 5. The molecule has 1 aliphatic rings. The minimum absolute atomic E-state index is 0.0746. The lowest BCUT2D eigenvalue weighted by Crippen LogP contribution is -2.44. The number of hydrogen-bond donors (Lipinski definition) is 1. The Morgan fingerprint density at radius 3 is 2.56 bits per heavy atom. The number of nitrogens with two attached hydrogens (primary N) is 1. The first kappa shape index (κ1) is 26.0. The molecule has 1 atom stereocenters. The second-order valence-corrected chi connectivity index (χ2v) is 9.82. The summed E-state index contributed by atoms with van der Waals surface area (Å²) >= 11 is 0. The van der Waals surface area contributed by atoms with Gasteiger partial charge in [0.25, 0.3) is 5.56 Å². The van der Waals surface area contributed by atoms with Crippen LogP contribution in [0, 0.1) is 11.3 Å². The molecule has 2 N–H and O–H groups in total. The van der Waals surface area contributed by atoms with Gasteiger partial charge in [0.1, 0.15) is 28.7 Å². The van der Waals surface area contributed by atoms with E-state index in [0.29, 0.717) is 36.8 Å². The third kappa shape index (κ3) is 4.73. The lowest BCUT2D eigenvalue weighted by molar-refractivity contribution is 0.0968. The van der Waals surface area contributed by atoms with Crippen molar-refractivity contribution in [3.63, 3.8) is 0 Å². The number of anilines is 1. The minimum atomic E-state index is -0.668. The van der Waals surface area contributed by atoms with Gasteiger partial charge in [-0.15, -0.1) is 0 Å². The van der Waals surface area contributed by atoms with Crippen LogP contribution in [-0.2, 0) is 20.1 Å². The number of aromatic nitrogens is 3. The number of piperidine rings is 1. The van der Waals surface area contributed by atoms with Crippen molar-refractivity contribution in [1.82, 2.24) is 13.7 Å². The number of carbonyl (C=O) groups is 1. The molecule has 10 heteroatoms. The number of fused-ring (bicyclic) bond motifs is 1. The highest BCUT2D eigenvalue weighted by Crippen LogP contribution is 2.32. The Labute approximate surface area is 225 Å². The zero-order valence-electron chi connectivity index (χ0n) is 22.0. The summed E-state index contributed by atoms with van der Waals surface area (Å²) in [6, 6.07) is 18.4. The molecule has 0 amide bonds. The number of rotatable bonds is 7. The van der Waals surface area contributed by atoms with Crippen LogP contribution in [0.5, 0.6) is 5.75 Å². The van der Waals surface area contributed by atoms with Crippen LogP contribution < -0.4 is 26.6 Å². The number of benzene rings is 2. The summed E-state index contributed by atoms with van der Waals surface area (Å²) in [5, 5.41) is 10.3.